The van der Waals surface area contributed by atoms with Crippen molar-refractivity contribution in [2.45, 2.75) is 19.9 Å². The summed E-state index contributed by atoms with van der Waals surface area (Å²) in [6.07, 6.45) is 2.87. The Bertz CT molecular complexity index is 587. The fraction of sp³-hybridized carbons (Fsp3) is 0.267. The third-order valence-electron chi connectivity index (χ3n) is 3.00. The highest BCUT2D eigenvalue weighted by Gasteiger charge is 2.13. The maximum absolute atomic E-state index is 6.04. The zero-order chi connectivity index (χ0) is 14.5. The van der Waals surface area contributed by atoms with Gasteiger partial charge in [-0.15, -0.1) is 0 Å². The van der Waals surface area contributed by atoms with Crippen LogP contribution in [0.2, 0.25) is 0 Å². The number of aromatic nitrogens is 1. The van der Waals surface area contributed by atoms with Crippen molar-refractivity contribution < 1.29 is 0 Å². The summed E-state index contributed by atoms with van der Waals surface area (Å²) in [5.41, 5.74) is 7.98. The van der Waals surface area contributed by atoms with Crippen molar-refractivity contribution in [3.05, 3.63) is 51.0 Å². The van der Waals surface area contributed by atoms with E-state index in [9.17, 15) is 0 Å². The number of pyridine rings is 1. The van der Waals surface area contributed by atoms with Crippen LogP contribution in [0.25, 0.3) is 0 Å². The van der Waals surface area contributed by atoms with Crippen molar-refractivity contribution in [1.29, 1.82) is 0 Å². The van der Waals surface area contributed by atoms with Gasteiger partial charge in [0.1, 0.15) is 5.82 Å². The Labute approximate surface area is 136 Å². The SMILES string of the molecule is CCCN(Cc1ccccc1N)c1ncc(Br)cc1Br. The molecule has 2 N–H and O–H groups in total. The molecule has 0 amide bonds. The molecule has 3 nitrogen and oxygen atoms in total. The van der Waals surface area contributed by atoms with E-state index in [1.807, 2.05) is 30.5 Å². The van der Waals surface area contributed by atoms with Gasteiger partial charge in [0.25, 0.3) is 0 Å². The van der Waals surface area contributed by atoms with Crippen LogP contribution in [-0.2, 0) is 6.54 Å². The molecule has 0 aliphatic rings. The predicted octanol–water partition coefficient (Wildman–Crippen LogP) is 4.61. The Kier molecular flexibility index (Phi) is 5.43. The molecule has 2 aromatic rings. The smallest absolute Gasteiger partial charge is 0.143 e. The van der Waals surface area contributed by atoms with Gasteiger partial charge in [-0.2, -0.15) is 0 Å². The van der Waals surface area contributed by atoms with Gasteiger partial charge in [-0.3, -0.25) is 0 Å². The molecule has 5 heteroatoms. The van der Waals surface area contributed by atoms with Gasteiger partial charge in [0.15, 0.2) is 0 Å². The number of anilines is 2. The van der Waals surface area contributed by atoms with Crippen molar-refractivity contribution in [3.8, 4) is 0 Å². The number of rotatable bonds is 5. The fourth-order valence-corrected chi connectivity index (χ4v) is 3.29. The summed E-state index contributed by atoms with van der Waals surface area (Å²) in [6, 6.07) is 9.98. The van der Waals surface area contributed by atoms with Crippen LogP contribution < -0.4 is 10.6 Å². The molecular weight excluding hydrogens is 382 g/mol. The Morgan fingerprint density at radius 1 is 1.25 bits per heavy atom. The topological polar surface area (TPSA) is 42.1 Å². The van der Waals surface area contributed by atoms with Gasteiger partial charge in [-0.1, -0.05) is 25.1 Å². The van der Waals surface area contributed by atoms with Gasteiger partial charge in [0.2, 0.25) is 0 Å². The molecule has 0 radical (unpaired) electrons. The van der Waals surface area contributed by atoms with E-state index in [1.54, 1.807) is 0 Å². The summed E-state index contributed by atoms with van der Waals surface area (Å²) in [5.74, 6) is 0.943. The first kappa shape index (κ1) is 15.3. The second kappa shape index (κ2) is 7.09. The quantitative estimate of drug-likeness (QED) is 0.748. The van der Waals surface area contributed by atoms with Crippen LogP contribution in [0.15, 0.2) is 45.5 Å². The summed E-state index contributed by atoms with van der Waals surface area (Å²) in [7, 11) is 0. The zero-order valence-electron chi connectivity index (χ0n) is 11.3. The largest absolute Gasteiger partial charge is 0.398 e. The maximum Gasteiger partial charge on any atom is 0.143 e. The lowest BCUT2D eigenvalue weighted by Crippen LogP contribution is -2.25. The van der Waals surface area contributed by atoms with Crippen LogP contribution in [0.5, 0.6) is 0 Å². The molecule has 2 rings (SSSR count). The molecule has 0 bridgehead atoms. The highest BCUT2D eigenvalue weighted by atomic mass is 79.9. The molecule has 0 aliphatic carbocycles. The van der Waals surface area contributed by atoms with Crippen molar-refractivity contribution in [2.75, 3.05) is 17.2 Å². The number of halogens is 2. The third-order valence-corrected chi connectivity index (χ3v) is 4.01. The monoisotopic (exact) mass is 397 g/mol. The van der Waals surface area contributed by atoms with E-state index < -0.39 is 0 Å². The molecule has 20 heavy (non-hydrogen) atoms. The molecule has 0 aliphatic heterocycles. The van der Waals surface area contributed by atoms with E-state index in [-0.39, 0.29) is 0 Å². The zero-order valence-corrected chi connectivity index (χ0v) is 14.5. The van der Waals surface area contributed by atoms with Gasteiger partial charge in [0, 0.05) is 29.4 Å². The van der Waals surface area contributed by atoms with E-state index >= 15 is 0 Å². The predicted molar refractivity (Wildman–Crippen MR) is 91.8 cm³/mol. The summed E-state index contributed by atoms with van der Waals surface area (Å²) in [6.45, 7) is 3.85. The summed E-state index contributed by atoms with van der Waals surface area (Å²) >= 11 is 7.02. The first-order chi connectivity index (χ1) is 9.61. The Morgan fingerprint density at radius 2 is 2.00 bits per heavy atom. The van der Waals surface area contributed by atoms with Crippen molar-refractivity contribution >= 4 is 43.4 Å². The lowest BCUT2D eigenvalue weighted by Gasteiger charge is -2.25. The third kappa shape index (κ3) is 3.73. The Balaban J connectivity index is 2.29. The Hall–Kier alpha value is -1.07. The van der Waals surface area contributed by atoms with Crippen molar-refractivity contribution in [2.24, 2.45) is 0 Å². The number of nitrogens with zero attached hydrogens (tertiary/aromatic N) is 2. The second-order valence-corrected chi connectivity index (χ2v) is 6.35. The van der Waals surface area contributed by atoms with E-state index in [0.29, 0.717) is 0 Å². The second-order valence-electron chi connectivity index (χ2n) is 4.58. The van der Waals surface area contributed by atoms with E-state index in [1.165, 1.54) is 0 Å². The highest BCUT2D eigenvalue weighted by Crippen LogP contribution is 2.28. The average Bonchev–Trinajstić information content (AvgIpc) is 2.41. The first-order valence-electron chi connectivity index (χ1n) is 6.51. The summed E-state index contributed by atoms with van der Waals surface area (Å²) < 4.78 is 1.94. The van der Waals surface area contributed by atoms with Crippen LogP contribution >= 0.6 is 31.9 Å². The van der Waals surface area contributed by atoms with Gasteiger partial charge in [-0.25, -0.2) is 4.98 Å². The molecular formula is C15H17Br2N3. The number of nitrogen functional groups attached to an aromatic ring is 1. The van der Waals surface area contributed by atoms with Crippen molar-refractivity contribution in [3.63, 3.8) is 0 Å². The van der Waals surface area contributed by atoms with Crippen LogP contribution in [0, 0.1) is 0 Å². The standard InChI is InChI=1S/C15H17Br2N3/c1-2-7-20(10-11-5-3-4-6-14(11)18)15-13(17)8-12(16)9-19-15/h3-6,8-9H,2,7,10,18H2,1H3. The molecule has 0 spiro atoms. The van der Waals surface area contributed by atoms with E-state index in [0.717, 1.165) is 45.5 Å². The Morgan fingerprint density at radius 3 is 2.65 bits per heavy atom. The molecule has 0 atom stereocenters. The van der Waals surface area contributed by atoms with Crippen LogP contribution in [-0.4, -0.2) is 11.5 Å². The lowest BCUT2D eigenvalue weighted by molar-refractivity contribution is 0.753. The van der Waals surface area contributed by atoms with Gasteiger partial charge >= 0.3 is 0 Å². The van der Waals surface area contributed by atoms with Crippen molar-refractivity contribution in [1.82, 2.24) is 4.98 Å². The number of benzene rings is 1. The van der Waals surface area contributed by atoms with Gasteiger partial charge in [-0.05, 0) is 56.0 Å². The first-order valence-corrected chi connectivity index (χ1v) is 8.09. The molecule has 1 heterocycles. The molecule has 0 saturated heterocycles. The molecule has 106 valence electrons. The fourth-order valence-electron chi connectivity index (χ4n) is 2.05. The lowest BCUT2D eigenvalue weighted by atomic mass is 10.1. The molecule has 0 saturated carbocycles. The highest BCUT2D eigenvalue weighted by molar-refractivity contribution is 9.11. The normalized spacial score (nSPS) is 10.6. The maximum atomic E-state index is 6.04. The number of hydrogen-bond donors (Lipinski definition) is 1. The number of hydrogen-bond acceptors (Lipinski definition) is 3. The molecule has 0 unspecified atom stereocenters. The van der Waals surface area contributed by atoms with Crippen LogP contribution in [0.1, 0.15) is 18.9 Å². The van der Waals surface area contributed by atoms with Crippen LogP contribution in [0.4, 0.5) is 11.5 Å². The van der Waals surface area contributed by atoms with Crippen LogP contribution in [0.3, 0.4) is 0 Å². The minimum Gasteiger partial charge on any atom is -0.398 e. The van der Waals surface area contributed by atoms with Gasteiger partial charge < -0.3 is 10.6 Å². The average molecular weight is 399 g/mol. The number of para-hydroxylation sites is 1. The molecule has 0 fully saturated rings. The minimum absolute atomic E-state index is 0.758. The molecule has 1 aromatic carbocycles. The minimum atomic E-state index is 0.758. The summed E-state index contributed by atoms with van der Waals surface area (Å²) in [5, 5.41) is 0. The molecule has 1 aromatic heterocycles. The summed E-state index contributed by atoms with van der Waals surface area (Å²) in [4.78, 5) is 6.75. The van der Waals surface area contributed by atoms with E-state index in [4.69, 9.17) is 5.73 Å². The van der Waals surface area contributed by atoms with E-state index in [2.05, 4.69) is 54.7 Å². The van der Waals surface area contributed by atoms with Gasteiger partial charge in [0.05, 0.1) is 4.47 Å². The number of nitrogens with two attached hydrogens (primary N) is 1.